The van der Waals surface area contributed by atoms with Crippen LogP contribution >= 0.6 is 0 Å². The zero-order valence-corrected chi connectivity index (χ0v) is 13.5. The molecule has 3 aromatic rings. The fourth-order valence-corrected chi connectivity index (χ4v) is 2.53. The molecule has 3 rings (SSSR count). The van der Waals surface area contributed by atoms with E-state index in [0.717, 1.165) is 10.9 Å². The van der Waals surface area contributed by atoms with Crippen LogP contribution < -0.4 is 10.1 Å². The number of aryl methyl sites for hydroxylation is 1. The molecular weight excluding hydrogens is 307 g/mol. The van der Waals surface area contributed by atoms with E-state index in [2.05, 4.69) is 10.3 Å². The van der Waals surface area contributed by atoms with Gasteiger partial charge in [-0.25, -0.2) is 4.39 Å². The number of rotatable bonds is 4. The van der Waals surface area contributed by atoms with Crippen molar-refractivity contribution in [2.45, 2.75) is 13.5 Å². The summed E-state index contributed by atoms with van der Waals surface area (Å²) in [5, 5.41) is 3.63. The maximum absolute atomic E-state index is 13.2. The second-order valence-electron chi connectivity index (χ2n) is 5.49. The molecule has 0 fully saturated rings. The summed E-state index contributed by atoms with van der Waals surface area (Å²) < 4.78 is 18.4. The van der Waals surface area contributed by atoms with Crippen LogP contribution in [0.1, 0.15) is 21.6 Å². The number of halogens is 1. The molecule has 0 aliphatic rings. The first-order chi connectivity index (χ1) is 11.6. The molecule has 0 saturated heterocycles. The molecule has 5 heteroatoms. The summed E-state index contributed by atoms with van der Waals surface area (Å²) in [5.41, 5.74) is 2.64. The molecule has 1 N–H and O–H groups in total. The van der Waals surface area contributed by atoms with Crippen LogP contribution in [0.2, 0.25) is 0 Å². The van der Waals surface area contributed by atoms with Crippen LogP contribution in [-0.2, 0) is 6.54 Å². The second-order valence-corrected chi connectivity index (χ2v) is 5.49. The predicted octanol–water partition coefficient (Wildman–Crippen LogP) is 3.62. The average molecular weight is 324 g/mol. The Morgan fingerprint density at radius 1 is 1.21 bits per heavy atom. The van der Waals surface area contributed by atoms with E-state index in [1.807, 2.05) is 18.2 Å². The maximum Gasteiger partial charge on any atom is 0.253 e. The number of methoxy groups -OCH3 is 1. The lowest BCUT2D eigenvalue weighted by molar-refractivity contribution is 0.0950. The summed E-state index contributed by atoms with van der Waals surface area (Å²) in [6, 6.07) is 13.5. The molecule has 1 heterocycles. The Labute approximate surface area is 139 Å². The lowest BCUT2D eigenvalue weighted by atomic mass is 10.1. The Morgan fingerprint density at radius 2 is 2.04 bits per heavy atom. The third-order valence-corrected chi connectivity index (χ3v) is 3.80. The quantitative estimate of drug-likeness (QED) is 0.797. The van der Waals surface area contributed by atoms with Crippen molar-refractivity contribution in [3.63, 3.8) is 0 Å². The van der Waals surface area contributed by atoms with Crippen LogP contribution in [0.15, 0.2) is 48.5 Å². The van der Waals surface area contributed by atoms with Gasteiger partial charge in [-0.1, -0.05) is 12.1 Å². The molecule has 2 aromatic carbocycles. The number of aromatic nitrogens is 1. The Kier molecular flexibility index (Phi) is 4.42. The van der Waals surface area contributed by atoms with Gasteiger partial charge in [-0.15, -0.1) is 0 Å². The lowest BCUT2D eigenvalue weighted by Gasteiger charge is -2.10. The second kappa shape index (κ2) is 6.66. The van der Waals surface area contributed by atoms with Crippen LogP contribution in [0, 0.1) is 12.7 Å². The van der Waals surface area contributed by atoms with E-state index in [-0.39, 0.29) is 18.3 Å². The molecule has 0 aliphatic carbocycles. The molecule has 0 radical (unpaired) electrons. The van der Waals surface area contributed by atoms with Crippen molar-refractivity contribution in [3.05, 3.63) is 71.2 Å². The maximum atomic E-state index is 13.2. The number of carbonyl (C=O) groups excluding carboxylic acids is 1. The number of nitrogens with one attached hydrogen (secondary N) is 1. The zero-order valence-electron chi connectivity index (χ0n) is 13.5. The fraction of sp³-hybridized carbons (Fsp3) is 0.158. The zero-order chi connectivity index (χ0) is 17.1. The van der Waals surface area contributed by atoms with Gasteiger partial charge < -0.3 is 10.1 Å². The van der Waals surface area contributed by atoms with Gasteiger partial charge in [0.25, 0.3) is 5.91 Å². The molecule has 0 saturated carbocycles. The van der Waals surface area contributed by atoms with E-state index in [1.54, 1.807) is 32.2 Å². The Hall–Kier alpha value is -2.95. The van der Waals surface area contributed by atoms with Gasteiger partial charge >= 0.3 is 0 Å². The van der Waals surface area contributed by atoms with Gasteiger partial charge in [0.1, 0.15) is 11.6 Å². The number of nitrogens with zero attached hydrogens (tertiary/aromatic N) is 1. The van der Waals surface area contributed by atoms with Gasteiger partial charge in [0.15, 0.2) is 0 Å². The van der Waals surface area contributed by atoms with Crippen molar-refractivity contribution in [1.29, 1.82) is 0 Å². The largest absolute Gasteiger partial charge is 0.497 e. The first-order valence-corrected chi connectivity index (χ1v) is 7.55. The SMILES string of the molecule is COc1ccc2nc(C)c(C(=O)NCc3cccc(F)c3)cc2c1. The summed E-state index contributed by atoms with van der Waals surface area (Å²) >= 11 is 0. The molecule has 122 valence electrons. The Balaban J connectivity index is 1.84. The molecule has 24 heavy (non-hydrogen) atoms. The molecular formula is C19H17FN2O2. The third kappa shape index (κ3) is 3.35. The van der Waals surface area contributed by atoms with Crippen molar-refractivity contribution < 1.29 is 13.9 Å². The van der Waals surface area contributed by atoms with Crippen LogP contribution in [0.25, 0.3) is 10.9 Å². The monoisotopic (exact) mass is 324 g/mol. The van der Waals surface area contributed by atoms with Gasteiger partial charge in [-0.05, 0) is 48.9 Å². The van der Waals surface area contributed by atoms with Gasteiger partial charge in [-0.2, -0.15) is 0 Å². The van der Waals surface area contributed by atoms with E-state index in [9.17, 15) is 9.18 Å². The standard InChI is InChI=1S/C19H17FN2O2/c1-12-17(10-14-9-16(24-2)6-7-18(14)22-12)19(23)21-11-13-4-3-5-15(20)8-13/h3-10H,11H2,1-2H3,(H,21,23). The summed E-state index contributed by atoms with van der Waals surface area (Å²) in [6.07, 6.45) is 0. The number of carbonyl (C=O) groups is 1. The fourth-order valence-electron chi connectivity index (χ4n) is 2.53. The number of fused-ring (bicyclic) bond motifs is 1. The summed E-state index contributed by atoms with van der Waals surface area (Å²) in [7, 11) is 1.59. The molecule has 0 spiro atoms. The summed E-state index contributed by atoms with van der Waals surface area (Å²) in [4.78, 5) is 16.9. The molecule has 1 aromatic heterocycles. The van der Waals surface area contributed by atoms with Crippen molar-refractivity contribution in [3.8, 4) is 5.75 Å². The number of ether oxygens (including phenoxy) is 1. The molecule has 0 unspecified atom stereocenters. The number of hydrogen-bond acceptors (Lipinski definition) is 3. The van der Waals surface area contributed by atoms with E-state index >= 15 is 0 Å². The third-order valence-electron chi connectivity index (χ3n) is 3.80. The van der Waals surface area contributed by atoms with Crippen molar-refractivity contribution >= 4 is 16.8 Å². The van der Waals surface area contributed by atoms with Crippen molar-refractivity contribution in [1.82, 2.24) is 10.3 Å². The molecule has 0 bridgehead atoms. The first kappa shape index (κ1) is 15.9. The van der Waals surface area contributed by atoms with Crippen LogP contribution in [-0.4, -0.2) is 18.0 Å². The van der Waals surface area contributed by atoms with Crippen LogP contribution in [0.4, 0.5) is 4.39 Å². The smallest absolute Gasteiger partial charge is 0.253 e. The van der Waals surface area contributed by atoms with Gasteiger partial charge in [0.2, 0.25) is 0 Å². The molecule has 0 aliphatic heterocycles. The van der Waals surface area contributed by atoms with Crippen LogP contribution in [0.3, 0.4) is 0 Å². The summed E-state index contributed by atoms with van der Waals surface area (Å²) in [6.45, 7) is 2.05. The highest BCUT2D eigenvalue weighted by atomic mass is 19.1. The van der Waals surface area contributed by atoms with Gasteiger partial charge in [0, 0.05) is 11.9 Å². The number of pyridine rings is 1. The van der Waals surface area contributed by atoms with Crippen molar-refractivity contribution in [2.75, 3.05) is 7.11 Å². The Bertz CT molecular complexity index is 909. The minimum atomic E-state index is -0.322. The topological polar surface area (TPSA) is 51.2 Å². The highest BCUT2D eigenvalue weighted by Crippen LogP contribution is 2.22. The molecule has 1 amide bonds. The molecule has 0 atom stereocenters. The highest BCUT2D eigenvalue weighted by Gasteiger charge is 2.12. The van der Waals surface area contributed by atoms with E-state index in [0.29, 0.717) is 22.6 Å². The average Bonchev–Trinajstić information content (AvgIpc) is 2.58. The highest BCUT2D eigenvalue weighted by molar-refractivity contribution is 5.98. The van der Waals surface area contributed by atoms with Crippen LogP contribution in [0.5, 0.6) is 5.75 Å². The molecule has 4 nitrogen and oxygen atoms in total. The van der Waals surface area contributed by atoms with E-state index < -0.39 is 0 Å². The van der Waals surface area contributed by atoms with Gasteiger partial charge in [-0.3, -0.25) is 9.78 Å². The van der Waals surface area contributed by atoms with Gasteiger partial charge in [0.05, 0.1) is 23.9 Å². The number of benzene rings is 2. The van der Waals surface area contributed by atoms with E-state index in [1.165, 1.54) is 12.1 Å². The number of amides is 1. The Morgan fingerprint density at radius 3 is 2.79 bits per heavy atom. The number of hydrogen-bond donors (Lipinski definition) is 1. The lowest BCUT2D eigenvalue weighted by Crippen LogP contribution is -2.24. The van der Waals surface area contributed by atoms with E-state index in [4.69, 9.17) is 4.74 Å². The minimum Gasteiger partial charge on any atom is -0.497 e. The summed E-state index contributed by atoms with van der Waals surface area (Å²) in [5.74, 6) is 0.144. The minimum absolute atomic E-state index is 0.242. The first-order valence-electron chi connectivity index (χ1n) is 7.55. The predicted molar refractivity (Wildman–Crippen MR) is 90.6 cm³/mol. The normalized spacial score (nSPS) is 10.6. The van der Waals surface area contributed by atoms with Crippen molar-refractivity contribution in [2.24, 2.45) is 0 Å².